The average molecular weight is 423 g/mol. The fraction of sp³-hybridized carbons (Fsp3) is 0.368. The van der Waals surface area contributed by atoms with Gasteiger partial charge in [0, 0.05) is 18.7 Å². The van der Waals surface area contributed by atoms with Gasteiger partial charge in [-0.25, -0.2) is 17.5 Å². The van der Waals surface area contributed by atoms with Gasteiger partial charge in [-0.3, -0.25) is 15.0 Å². The largest absolute Gasteiger partial charge is 0.492 e. The molecule has 1 fully saturated rings. The van der Waals surface area contributed by atoms with Crippen molar-refractivity contribution in [3.8, 4) is 5.75 Å². The molecule has 1 aliphatic heterocycles. The molecule has 156 valence electrons. The van der Waals surface area contributed by atoms with Gasteiger partial charge in [-0.15, -0.1) is 0 Å². The summed E-state index contributed by atoms with van der Waals surface area (Å²) in [5, 5.41) is 10.8. The first-order valence-electron chi connectivity index (χ1n) is 9.21. The predicted octanol–water partition coefficient (Wildman–Crippen LogP) is 2.56. The predicted molar refractivity (Wildman–Crippen MR) is 105 cm³/mol. The van der Waals surface area contributed by atoms with Crippen LogP contribution >= 0.6 is 0 Å². The summed E-state index contributed by atoms with van der Waals surface area (Å²) < 4.78 is 46.0. The number of nitrogens with zero attached hydrogens (tertiary/aromatic N) is 2. The molecule has 1 heterocycles. The highest BCUT2D eigenvalue weighted by atomic mass is 32.2. The van der Waals surface area contributed by atoms with Gasteiger partial charge in [0.25, 0.3) is 5.69 Å². The van der Waals surface area contributed by atoms with Gasteiger partial charge in [0.1, 0.15) is 18.2 Å². The summed E-state index contributed by atoms with van der Waals surface area (Å²) in [6, 6.07) is 10.6. The van der Waals surface area contributed by atoms with Gasteiger partial charge in [0.2, 0.25) is 10.0 Å². The van der Waals surface area contributed by atoms with Gasteiger partial charge in [-0.05, 0) is 56.3 Å². The van der Waals surface area contributed by atoms with Crippen LogP contribution in [-0.2, 0) is 10.0 Å². The van der Waals surface area contributed by atoms with E-state index < -0.39 is 20.8 Å². The van der Waals surface area contributed by atoms with Crippen LogP contribution in [0.15, 0.2) is 53.4 Å². The number of benzene rings is 2. The first kappa shape index (κ1) is 21.2. The molecule has 29 heavy (non-hydrogen) atoms. The third-order valence-corrected chi connectivity index (χ3v) is 6.27. The molecule has 1 saturated heterocycles. The number of likely N-dealkylation sites (tertiary alicyclic amines) is 1. The lowest BCUT2D eigenvalue weighted by atomic mass is 10.1. The molecule has 2 aromatic rings. The van der Waals surface area contributed by atoms with E-state index in [0.717, 1.165) is 12.1 Å². The highest BCUT2D eigenvalue weighted by molar-refractivity contribution is 7.89. The summed E-state index contributed by atoms with van der Waals surface area (Å²) >= 11 is 0. The highest BCUT2D eigenvalue weighted by Crippen LogP contribution is 2.19. The Hall–Kier alpha value is -2.56. The number of piperidine rings is 1. The average Bonchev–Trinajstić information content (AvgIpc) is 2.70. The zero-order valence-electron chi connectivity index (χ0n) is 15.7. The number of hydrogen-bond donors (Lipinski definition) is 1. The Labute approximate surface area is 168 Å². The lowest BCUT2D eigenvalue weighted by molar-refractivity contribution is -0.384. The van der Waals surface area contributed by atoms with Crippen molar-refractivity contribution in [1.29, 1.82) is 0 Å². The SMILES string of the molecule is O=[N+]([O-])c1cccc(OCCN2CCC(NS(=O)(=O)c3ccc(F)cc3)CC2)c1. The van der Waals surface area contributed by atoms with E-state index in [-0.39, 0.29) is 16.6 Å². The van der Waals surface area contributed by atoms with Crippen molar-refractivity contribution in [3.05, 3.63) is 64.5 Å². The van der Waals surface area contributed by atoms with Gasteiger partial charge in [0.05, 0.1) is 15.9 Å². The smallest absolute Gasteiger partial charge is 0.273 e. The Bertz CT molecular complexity index is 945. The second-order valence-corrected chi connectivity index (χ2v) is 8.51. The molecular weight excluding hydrogens is 401 g/mol. The van der Waals surface area contributed by atoms with Crippen LogP contribution in [0.4, 0.5) is 10.1 Å². The summed E-state index contributed by atoms with van der Waals surface area (Å²) in [4.78, 5) is 12.5. The summed E-state index contributed by atoms with van der Waals surface area (Å²) in [7, 11) is -3.67. The Kier molecular flexibility index (Phi) is 6.78. The third-order valence-electron chi connectivity index (χ3n) is 4.74. The van der Waals surface area contributed by atoms with E-state index in [2.05, 4.69) is 9.62 Å². The van der Waals surface area contributed by atoms with E-state index in [1.807, 2.05) is 0 Å². The minimum Gasteiger partial charge on any atom is -0.492 e. The third kappa shape index (κ3) is 5.96. The molecule has 0 atom stereocenters. The summed E-state index contributed by atoms with van der Waals surface area (Å²) in [5.74, 6) is -0.0364. The van der Waals surface area contributed by atoms with Crippen LogP contribution < -0.4 is 9.46 Å². The normalized spacial score (nSPS) is 15.9. The van der Waals surface area contributed by atoms with E-state index in [4.69, 9.17) is 4.74 Å². The Balaban J connectivity index is 1.43. The number of nitro groups is 1. The van der Waals surface area contributed by atoms with Crippen LogP contribution in [-0.4, -0.2) is 50.5 Å². The number of halogens is 1. The molecule has 1 aliphatic rings. The topological polar surface area (TPSA) is 102 Å². The van der Waals surface area contributed by atoms with Crippen LogP contribution in [0.3, 0.4) is 0 Å². The molecule has 0 radical (unpaired) electrons. The molecule has 3 rings (SSSR count). The van der Waals surface area contributed by atoms with Crippen molar-refractivity contribution in [2.24, 2.45) is 0 Å². The number of nitrogens with one attached hydrogen (secondary N) is 1. The molecule has 0 saturated carbocycles. The van der Waals surface area contributed by atoms with E-state index in [0.29, 0.717) is 44.8 Å². The van der Waals surface area contributed by atoms with Crippen LogP contribution in [0.2, 0.25) is 0 Å². The minimum atomic E-state index is -3.67. The van der Waals surface area contributed by atoms with Crippen LogP contribution in [0.25, 0.3) is 0 Å². The fourth-order valence-electron chi connectivity index (χ4n) is 3.16. The molecule has 8 nitrogen and oxygen atoms in total. The van der Waals surface area contributed by atoms with Crippen LogP contribution in [0.1, 0.15) is 12.8 Å². The van der Waals surface area contributed by atoms with E-state index in [1.54, 1.807) is 12.1 Å². The number of rotatable bonds is 8. The molecule has 10 heteroatoms. The monoisotopic (exact) mass is 423 g/mol. The van der Waals surface area contributed by atoms with Gasteiger partial charge >= 0.3 is 0 Å². The summed E-state index contributed by atoms with van der Waals surface area (Å²) in [5.41, 5.74) is -0.0169. The van der Waals surface area contributed by atoms with E-state index in [1.165, 1.54) is 24.3 Å². The molecule has 2 aromatic carbocycles. The van der Waals surface area contributed by atoms with Crippen molar-refractivity contribution in [1.82, 2.24) is 9.62 Å². The molecule has 0 aromatic heterocycles. The standard InChI is InChI=1S/C19H22FN3O5S/c20-15-4-6-19(7-5-15)29(26,27)21-16-8-10-22(11-9-16)12-13-28-18-3-1-2-17(14-18)23(24)25/h1-7,14,16,21H,8-13H2. The second-order valence-electron chi connectivity index (χ2n) is 6.79. The first-order valence-corrected chi connectivity index (χ1v) is 10.7. The zero-order valence-corrected chi connectivity index (χ0v) is 16.5. The second kappa shape index (κ2) is 9.29. The molecule has 1 N–H and O–H groups in total. The molecular formula is C19H22FN3O5S. The van der Waals surface area contributed by atoms with Crippen molar-refractivity contribution in [3.63, 3.8) is 0 Å². The molecule has 0 amide bonds. The Morgan fingerprint density at radius 3 is 2.52 bits per heavy atom. The maximum Gasteiger partial charge on any atom is 0.273 e. The molecule has 0 spiro atoms. The molecule has 0 unspecified atom stereocenters. The van der Waals surface area contributed by atoms with Crippen molar-refractivity contribution in [2.45, 2.75) is 23.8 Å². The highest BCUT2D eigenvalue weighted by Gasteiger charge is 2.24. The maximum absolute atomic E-state index is 13.0. The van der Waals surface area contributed by atoms with Crippen LogP contribution in [0.5, 0.6) is 5.75 Å². The minimum absolute atomic E-state index is 0.0169. The summed E-state index contributed by atoms with van der Waals surface area (Å²) in [6.07, 6.45) is 1.30. The van der Waals surface area contributed by atoms with Gasteiger partial charge < -0.3 is 4.74 Å². The van der Waals surface area contributed by atoms with Crippen molar-refractivity contribution >= 4 is 15.7 Å². The van der Waals surface area contributed by atoms with Crippen molar-refractivity contribution < 1.29 is 22.5 Å². The Morgan fingerprint density at radius 2 is 1.86 bits per heavy atom. The Morgan fingerprint density at radius 1 is 1.17 bits per heavy atom. The van der Waals surface area contributed by atoms with E-state index >= 15 is 0 Å². The van der Waals surface area contributed by atoms with Crippen LogP contribution in [0, 0.1) is 15.9 Å². The maximum atomic E-state index is 13.0. The number of non-ortho nitro benzene ring substituents is 1. The summed E-state index contributed by atoms with van der Waals surface area (Å²) in [6.45, 7) is 2.43. The van der Waals surface area contributed by atoms with Gasteiger partial charge in [-0.1, -0.05) is 6.07 Å². The van der Waals surface area contributed by atoms with Gasteiger partial charge in [0.15, 0.2) is 0 Å². The number of sulfonamides is 1. The zero-order chi connectivity index (χ0) is 20.9. The molecule has 0 bridgehead atoms. The lowest BCUT2D eigenvalue weighted by Crippen LogP contribution is -2.45. The number of nitro benzene ring substituents is 1. The number of ether oxygens (including phenoxy) is 1. The first-order chi connectivity index (χ1) is 13.8. The molecule has 0 aliphatic carbocycles. The van der Waals surface area contributed by atoms with Gasteiger partial charge in [-0.2, -0.15) is 0 Å². The van der Waals surface area contributed by atoms with Crippen molar-refractivity contribution in [2.75, 3.05) is 26.2 Å². The fourth-order valence-corrected chi connectivity index (χ4v) is 4.46. The van der Waals surface area contributed by atoms with E-state index in [9.17, 15) is 22.9 Å². The quantitative estimate of drug-likeness (QED) is 0.517. The lowest BCUT2D eigenvalue weighted by Gasteiger charge is -2.32. The number of hydrogen-bond acceptors (Lipinski definition) is 6.